The van der Waals surface area contributed by atoms with Gasteiger partial charge < -0.3 is 15.2 Å². The molecule has 1 aromatic heterocycles. The zero-order valence-corrected chi connectivity index (χ0v) is 28.0. The molecule has 0 spiro atoms. The van der Waals surface area contributed by atoms with E-state index in [-0.39, 0.29) is 43.2 Å². The summed E-state index contributed by atoms with van der Waals surface area (Å²) in [6, 6.07) is 14.7. The number of ether oxygens (including phenoxy) is 1. The van der Waals surface area contributed by atoms with Crippen LogP contribution >= 0.6 is 11.3 Å². The van der Waals surface area contributed by atoms with E-state index in [9.17, 15) is 31.5 Å². The first kappa shape index (κ1) is 36.7. The van der Waals surface area contributed by atoms with Gasteiger partial charge in [0, 0.05) is 35.4 Å². The second kappa shape index (κ2) is 15.7. The number of thiophene rings is 1. The zero-order chi connectivity index (χ0) is 33.4. The summed E-state index contributed by atoms with van der Waals surface area (Å²) in [6.45, 7) is 7.49. The van der Waals surface area contributed by atoms with Crippen LogP contribution in [0, 0.1) is 6.92 Å². The van der Waals surface area contributed by atoms with Gasteiger partial charge in [-0.1, -0.05) is 30.3 Å². The lowest BCUT2D eigenvalue weighted by molar-refractivity contribution is -0.143. The second-order valence-electron chi connectivity index (χ2n) is 11.8. The van der Waals surface area contributed by atoms with Crippen LogP contribution < -0.4 is 5.32 Å². The molecule has 45 heavy (non-hydrogen) atoms. The van der Waals surface area contributed by atoms with E-state index in [1.54, 1.807) is 19.9 Å². The fraction of sp³-hybridized carbons (Fsp3) is 0.485. The van der Waals surface area contributed by atoms with E-state index in [1.807, 2.05) is 32.0 Å². The number of halogens is 3. The summed E-state index contributed by atoms with van der Waals surface area (Å²) < 4.78 is 74.7. The highest BCUT2D eigenvalue weighted by Crippen LogP contribution is 2.39. The van der Waals surface area contributed by atoms with Crippen molar-refractivity contribution in [2.75, 3.05) is 26.7 Å². The molecule has 0 amide bonds. The van der Waals surface area contributed by atoms with Crippen molar-refractivity contribution < 1.29 is 36.2 Å². The van der Waals surface area contributed by atoms with Crippen LogP contribution in [0.4, 0.5) is 13.2 Å². The predicted molar refractivity (Wildman–Crippen MR) is 172 cm³/mol. The number of likely N-dealkylation sites (N-methyl/N-ethyl adjacent to an activating group) is 1. The van der Waals surface area contributed by atoms with Crippen molar-refractivity contribution in [2.24, 2.45) is 0 Å². The number of aryl methyl sites for hydroxylation is 3. The summed E-state index contributed by atoms with van der Waals surface area (Å²) >= 11 is 1.21. The standard InChI is InChI=1S/C33H43F3N2O5S2/c1-6-43-30(40)15-14-28-17-23(2)31(44-28)25-18-26(33(34,35)36)20-29(19-25)45(41,42)38(5)22-27(39)21-37-32(3,4)16-10-13-24-11-8-7-9-12-24/h7-9,11-12,17-20,27,37,39H,6,10,13-16,21-22H2,1-5H3. The van der Waals surface area contributed by atoms with Crippen LogP contribution in [-0.2, 0) is 38.6 Å². The Morgan fingerprint density at radius 3 is 2.42 bits per heavy atom. The van der Waals surface area contributed by atoms with Gasteiger partial charge in [0.2, 0.25) is 10.0 Å². The smallest absolute Gasteiger partial charge is 0.416 e. The normalized spacial score (nSPS) is 13.3. The number of nitrogens with one attached hydrogen (secondary N) is 1. The number of hydrogen-bond donors (Lipinski definition) is 2. The van der Waals surface area contributed by atoms with Crippen molar-refractivity contribution >= 4 is 27.3 Å². The predicted octanol–water partition coefficient (Wildman–Crippen LogP) is 6.61. The fourth-order valence-electron chi connectivity index (χ4n) is 4.96. The van der Waals surface area contributed by atoms with Gasteiger partial charge in [0.25, 0.3) is 0 Å². The molecule has 248 valence electrons. The highest BCUT2D eigenvalue weighted by Gasteiger charge is 2.34. The van der Waals surface area contributed by atoms with E-state index >= 15 is 0 Å². The number of nitrogens with zero attached hydrogens (tertiary/aromatic N) is 1. The molecule has 2 aromatic carbocycles. The van der Waals surface area contributed by atoms with E-state index in [4.69, 9.17) is 4.74 Å². The average Bonchev–Trinajstić information content (AvgIpc) is 3.35. The molecule has 0 aliphatic heterocycles. The van der Waals surface area contributed by atoms with Gasteiger partial charge in [0.1, 0.15) is 0 Å². The molecule has 0 aliphatic rings. The maximum atomic E-state index is 13.9. The largest absolute Gasteiger partial charge is 0.466 e. The van der Waals surface area contributed by atoms with E-state index in [0.29, 0.717) is 22.9 Å². The molecular formula is C33H43F3N2O5S2. The molecule has 0 aliphatic carbocycles. The number of β-amino-alcohol motifs (C(OH)–C–C–N with tert-alkyl or cyclic N) is 1. The SMILES string of the molecule is CCOC(=O)CCc1cc(C)c(-c2cc(C(F)(F)F)cc(S(=O)(=O)N(C)CC(O)CNC(C)(C)CCCc3ccccc3)c2)s1. The molecule has 7 nitrogen and oxygen atoms in total. The Kier molecular flexibility index (Phi) is 12.8. The number of hydrogen-bond acceptors (Lipinski definition) is 7. The molecule has 12 heteroatoms. The van der Waals surface area contributed by atoms with Gasteiger partial charge in [-0.25, -0.2) is 8.42 Å². The second-order valence-corrected chi connectivity index (χ2v) is 15.0. The van der Waals surface area contributed by atoms with Gasteiger partial charge in [-0.3, -0.25) is 4.79 Å². The third-order valence-electron chi connectivity index (χ3n) is 7.45. The Balaban J connectivity index is 1.72. The van der Waals surface area contributed by atoms with Crippen molar-refractivity contribution in [1.29, 1.82) is 0 Å². The number of benzene rings is 2. The first-order chi connectivity index (χ1) is 21.0. The molecule has 0 radical (unpaired) electrons. The maximum absolute atomic E-state index is 13.9. The lowest BCUT2D eigenvalue weighted by Gasteiger charge is -2.29. The van der Waals surface area contributed by atoms with E-state index in [1.165, 1.54) is 30.0 Å². The first-order valence-electron chi connectivity index (χ1n) is 14.9. The first-order valence-corrected chi connectivity index (χ1v) is 17.2. The molecule has 2 N–H and O–H groups in total. The Bertz CT molecular complexity index is 1520. The minimum atomic E-state index is -4.79. The summed E-state index contributed by atoms with van der Waals surface area (Å²) in [5.41, 5.74) is 0.606. The Hall–Kier alpha value is -2.77. The number of carbonyl (C=O) groups is 1. The molecule has 0 saturated heterocycles. The van der Waals surface area contributed by atoms with Gasteiger partial charge in [-0.15, -0.1) is 11.3 Å². The van der Waals surface area contributed by atoms with Crippen LogP contribution in [-0.4, -0.2) is 62.2 Å². The number of aliphatic hydroxyl groups is 1. The van der Waals surface area contributed by atoms with E-state index < -0.39 is 32.8 Å². The summed E-state index contributed by atoms with van der Waals surface area (Å²) in [4.78, 5) is 12.5. The summed E-state index contributed by atoms with van der Waals surface area (Å²) in [5.74, 6) is -0.371. The van der Waals surface area contributed by atoms with Crippen LogP contribution in [0.5, 0.6) is 0 Å². The monoisotopic (exact) mass is 668 g/mol. The molecular weight excluding hydrogens is 626 g/mol. The van der Waals surface area contributed by atoms with Gasteiger partial charge in [-0.05, 0) is 94.3 Å². The van der Waals surface area contributed by atoms with Crippen LogP contribution in [0.2, 0.25) is 0 Å². The highest BCUT2D eigenvalue weighted by atomic mass is 32.2. The quantitative estimate of drug-likeness (QED) is 0.167. The third kappa shape index (κ3) is 10.9. The van der Waals surface area contributed by atoms with Crippen molar-refractivity contribution in [1.82, 2.24) is 9.62 Å². The molecule has 0 fully saturated rings. The highest BCUT2D eigenvalue weighted by molar-refractivity contribution is 7.89. The van der Waals surface area contributed by atoms with Crippen LogP contribution in [0.3, 0.4) is 0 Å². The third-order valence-corrected chi connectivity index (χ3v) is 10.6. The number of sulfonamides is 1. The Morgan fingerprint density at radius 2 is 1.78 bits per heavy atom. The number of rotatable bonds is 16. The molecule has 3 rings (SSSR count). The minimum absolute atomic E-state index is 0.106. The summed E-state index contributed by atoms with van der Waals surface area (Å²) in [5, 5.41) is 14.0. The van der Waals surface area contributed by atoms with Gasteiger partial charge in [0.15, 0.2) is 0 Å². The molecule has 1 unspecified atom stereocenters. The number of aliphatic hydroxyl groups excluding tert-OH is 1. The Morgan fingerprint density at radius 1 is 1.09 bits per heavy atom. The van der Waals surface area contributed by atoms with Crippen LogP contribution in [0.15, 0.2) is 59.5 Å². The lowest BCUT2D eigenvalue weighted by atomic mass is 9.95. The molecule has 1 atom stereocenters. The maximum Gasteiger partial charge on any atom is 0.416 e. The number of alkyl halides is 3. The van der Waals surface area contributed by atoms with Crippen LogP contribution in [0.1, 0.15) is 61.6 Å². The van der Waals surface area contributed by atoms with Crippen molar-refractivity contribution in [3.05, 3.63) is 76.2 Å². The molecule has 3 aromatic rings. The lowest BCUT2D eigenvalue weighted by Crippen LogP contribution is -2.46. The van der Waals surface area contributed by atoms with E-state index in [0.717, 1.165) is 34.5 Å². The summed E-state index contributed by atoms with van der Waals surface area (Å²) in [6.07, 6.45) is -2.74. The molecule has 1 heterocycles. The van der Waals surface area contributed by atoms with Gasteiger partial charge in [0.05, 0.1) is 29.6 Å². The van der Waals surface area contributed by atoms with Crippen molar-refractivity contribution in [2.45, 2.75) is 82.5 Å². The topological polar surface area (TPSA) is 95.9 Å². The van der Waals surface area contributed by atoms with Crippen LogP contribution in [0.25, 0.3) is 10.4 Å². The Labute approximate surface area is 268 Å². The van der Waals surface area contributed by atoms with Crippen molar-refractivity contribution in [3.63, 3.8) is 0 Å². The zero-order valence-electron chi connectivity index (χ0n) is 26.4. The average molecular weight is 669 g/mol. The molecule has 0 bridgehead atoms. The number of esters is 1. The van der Waals surface area contributed by atoms with E-state index in [2.05, 4.69) is 17.4 Å². The summed E-state index contributed by atoms with van der Waals surface area (Å²) in [7, 11) is -3.15. The van der Waals surface area contributed by atoms with Gasteiger partial charge in [-0.2, -0.15) is 17.5 Å². The van der Waals surface area contributed by atoms with Gasteiger partial charge >= 0.3 is 12.1 Å². The molecule has 0 saturated carbocycles. The fourth-order valence-corrected chi connectivity index (χ4v) is 7.40. The van der Waals surface area contributed by atoms with Crippen molar-refractivity contribution in [3.8, 4) is 10.4 Å². The number of carbonyl (C=O) groups excluding carboxylic acids is 1. The minimum Gasteiger partial charge on any atom is -0.466 e.